The first-order valence-corrected chi connectivity index (χ1v) is 6.59. The third-order valence-electron chi connectivity index (χ3n) is 3.20. The molecule has 0 aliphatic heterocycles. The van der Waals surface area contributed by atoms with E-state index >= 15 is 0 Å². The maximum Gasteiger partial charge on any atom is 0.0666 e. The van der Waals surface area contributed by atoms with Gasteiger partial charge in [-0.25, -0.2) is 4.68 Å². The van der Waals surface area contributed by atoms with Gasteiger partial charge in [-0.2, -0.15) is 5.10 Å². The lowest BCUT2D eigenvalue weighted by Crippen LogP contribution is -2.07. The van der Waals surface area contributed by atoms with Crippen molar-refractivity contribution >= 4 is 5.69 Å². The zero-order valence-electron chi connectivity index (χ0n) is 11.3. The molecule has 3 aromatic rings. The Kier molecular flexibility index (Phi) is 3.46. The monoisotopic (exact) mass is 264 g/mol. The van der Waals surface area contributed by atoms with Crippen molar-refractivity contribution in [1.82, 2.24) is 14.8 Å². The molecule has 1 unspecified atom stereocenters. The summed E-state index contributed by atoms with van der Waals surface area (Å²) >= 11 is 0. The number of benzene rings is 1. The zero-order chi connectivity index (χ0) is 13.8. The highest BCUT2D eigenvalue weighted by Gasteiger charge is 2.05. The Labute approximate surface area is 118 Å². The summed E-state index contributed by atoms with van der Waals surface area (Å²) < 4.78 is 1.85. The van der Waals surface area contributed by atoms with Gasteiger partial charge in [0, 0.05) is 36.5 Å². The average molecular weight is 264 g/mol. The third kappa shape index (κ3) is 2.69. The first kappa shape index (κ1) is 12.4. The quantitative estimate of drug-likeness (QED) is 0.785. The van der Waals surface area contributed by atoms with Crippen molar-refractivity contribution in [3.8, 4) is 5.69 Å². The minimum Gasteiger partial charge on any atom is -0.378 e. The predicted molar refractivity (Wildman–Crippen MR) is 79.8 cm³/mol. The summed E-state index contributed by atoms with van der Waals surface area (Å²) in [4.78, 5) is 4.04. The second-order valence-electron chi connectivity index (χ2n) is 4.65. The highest BCUT2D eigenvalue weighted by molar-refractivity contribution is 5.52. The Morgan fingerprint density at radius 1 is 1.05 bits per heavy atom. The number of hydrogen-bond acceptors (Lipinski definition) is 3. The van der Waals surface area contributed by atoms with Crippen LogP contribution < -0.4 is 5.32 Å². The summed E-state index contributed by atoms with van der Waals surface area (Å²) in [6, 6.07) is 14.4. The molecule has 1 N–H and O–H groups in total. The molecule has 0 bridgehead atoms. The van der Waals surface area contributed by atoms with Crippen molar-refractivity contribution in [2.45, 2.75) is 13.0 Å². The summed E-state index contributed by atoms with van der Waals surface area (Å²) in [7, 11) is 0. The van der Waals surface area contributed by atoms with Crippen LogP contribution in [0.1, 0.15) is 18.5 Å². The summed E-state index contributed by atoms with van der Waals surface area (Å²) in [5.41, 5.74) is 3.33. The molecular weight excluding hydrogens is 248 g/mol. The van der Waals surface area contributed by atoms with E-state index < -0.39 is 0 Å². The van der Waals surface area contributed by atoms with Crippen molar-refractivity contribution in [2.75, 3.05) is 5.32 Å². The molecule has 1 atom stereocenters. The number of pyridine rings is 1. The second-order valence-corrected chi connectivity index (χ2v) is 4.65. The van der Waals surface area contributed by atoms with E-state index in [-0.39, 0.29) is 6.04 Å². The third-order valence-corrected chi connectivity index (χ3v) is 3.20. The van der Waals surface area contributed by atoms with Crippen LogP contribution in [0.5, 0.6) is 0 Å². The second kappa shape index (κ2) is 5.57. The molecule has 0 fully saturated rings. The van der Waals surface area contributed by atoms with Crippen LogP contribution in [-0.4, -0.2) is 14.8 Å². The van der Waals surface area contributed by atoms with Gasteiger partial charge in [0.05, 0.1) is 5.69 Å². The van der Waals surface area contributed by atoms with Gasteiger partial charge in [-0.05, 0) is 48.9 Å². The molecule has 0 saturated carbocycles. The molecule has 0 radical (unpaired) electrons. The van der Waals surface area contributed by atoms with E-state index in [4.69, 9.17) is 0 Å². The Balaban J connectivity index is 1.80. The molecule has 100 valence electrons. The first-order chi connectivity index (χ1) is 9.83. The highest BCUT2D eigenvalue weighted by Crippen LogP contribution is 2.20. The molecule has 20 heavy (non-hydrogen) atoms. The lowest BCUT2D eigenvalue weighted by atomic mass is 10.1. The molecule has 2 aromatic heterocycles. The normalized spacial score (nSPS) is 12.1. The maximum absolute atomic E-state index is 4.25. The smallest absolute Gasteiger partial charge is 0.0666 e. The van der Waals surface area contributed by atoms with Crippen LogP contribution >= 0.6 is 0 Å². The van der Waals surface area contributed by atoms with E-state index in [2.05, 4.69) is 34.5 Å². The van der Waals surface area contributed by atoms with E-state index in [1.807, 2.05) is 53.6 Å². The van der Waals surface area contributed by atoms with Gasteiger partial charge in [-0.3, -0.25) is 4.98 Å². The van der Waals surface area contributed by atoms with Crippen molar-refractivity contribution in [3.05, 3.63) is 72.8 Å². The van der Waals surface area contributed by atoms with E-state index in [1.54, 1.807) is 6.20 Å². The topological polar surface area (TPSA) is 42.7 Å². The lowest BCUT2D eigenvalue weighted by Gasteiger charge is -2.16. The van der Waals surface area contributed by atoms with Crippen molar-refractivity contribution in [2.24, 2.45) is 0 Å². The fourth-order valence-corrected chi connectivity index (χ4v) is 2.15. The lowest BCUT2D eigenvalue weighted by molar-refractivity contribution is 0.868. The molecule has 0 amide bonds. The molecule has 0 saturated heterocycles. The predicted octanol–water partition coefficient (Wildman–Crippen LogP) is 3.44. The standard InChI is InChI=1S/C16H16N4/c1-13(14-6-9-17-10-7-14)19-15-4-2-5-16(12-15)20-11-3-8-18-20/h2-13,19H,1H3. The van der Waals surface area contributed by atoms with Gasteiger partial charge in [-0.1, -0.05) is 6.07 Å². The van der Waals surface area contributed by atoms with Crippen LogP contribution in [-0.2, 0) is 0 Å². The van der Waals surface area contributed by atoms with Crippen LogP contribution in [0.3, 0.4) is 0 Å². The van der Waals surface area contributed by atoms with Crippen LogP contribution in [0.2, 0.25) is 0 Å². The van der Waals surface area contributed by atoms with Gasteiger partial charge in [0.15, 0.2) is 0 Å². The molecular formula is C16H16N4. The number of nitrogens with one attached hydrogen (secondary N) is 1. The first-order valence-electron chi connectivity index (χ1n) is 6.59. The molecule has 1 aromatic carbocycles. The summed E-state index contributed by atoms with van der Waals surface area (Å²) in [6.45, 7) is 2.13. The van der Waals surface area contributed by atoms with Crippen LogP contribution in [0.4, 0.5) is 5.69 Å². The fourth-order valence-electron chi connectivity index (χ4n) is 2.15. The van der Waals surface area contributed by atoms with Gasteiger partial charge >= 0.3 is 0 Å². The maximum atomic E-state index is 4.25. The van der Waals surface area contributed by atoms with Crippen LogP contribution in [0.25, 0.3) is 5.69 Å². The van der Waals surface area contributed by atoms with Gasteiger partial charge in [0.25, 0.3) is 0 Å². The fraction of sp³-hybridized carbons (Fsp3) is 0.125. The van der Waals surface area contributed by atoms with Gasteiger partial charge in [-0.15, -0.1) is 0 Å². The molecule has 2 heterocycles. The highest BCUT2D eigenvalue weighted by atomic mass is 15.3. The molecule has 0 spiro atoms. The van der Waals surface area contributed by atoms with Crippen molar-refractivity contribution in [1.29, 1.82) is 0 Å². The van der Waals surface area contributed by atoms with Gasteiger partial charge in [0.1, 0.15) is 0 Å². The molecule has 0 aliphatic carbocycles. The Bertz CT molecular complexity index is 662. The van der Waals surface area contributed by atoms with Crippen molar-refractivity contribution in [3.63, 3.8) is 0 Å². The Morgan fingerprint density at radius 3 is 2.65 bits per heavy atom. The van der Waals surface area contributed by atoms with E-state index in [1.165, 1.54) is 5.56 Å². The molecule has 3 rings (SSSR count). The van der Waals surface area contributed by atoms with Crippen molar-refractivity contribution < 1.29 is 0 Å². The van der Waals surface area contributed by atoms with Crippen LogP contribution in [0.15, 0.2) is 67.3 Å². The summed E-state index contributed by atoms with van der Waals surface area (Å²) in [5.74, 6) is 0. The van der Waals surface area contributed by atoms with Gasteiger partial charge in [0.2, 0.25) is 0 Å². The number of aromatic nitrogens is 3. The number of anilines is 1. The minimum absolute atomic E-state index is 0.228. The summed E-state index contributed by atoms with van der Waals surface area (Å²) in [6.07, 6.45) is 7.34. The van der Waals surface area contributed by atoms with E-state index in [0.717, 1.165) is 11.4 Å². The number of hydrogen-bond donors (Lipinski definition) is 1. The van der Waals surface area contributed by atoms with E-state index in [0.29, 0.717) is 0 Å². The SMILES string of the molecule is CC(Nc1cccc(-n2cccn2)c1)c1ccncc1. The zero-order valence-corrected chi connectivity index (χ0v) is 11.3. The molecule has 4 nitrogen and oxygen atoms in total. The largest absolute Gasteiger partial charge is 0.378 e. The van der Waals surface area contributed by atoms with Crippen LogP contribution in [0, 0.1) is 0 Å². The summed E-state index contributed by atoms with van der Waals surface area (Å²) in [5, 5.41) is 7.74. The Morgan fingerprint density at radius 2 is 1.90 bits per heavy atom. The average Bonchev–Trinajstić information content (AvgIpc) is 3.03. The number of rotatable bonds is 4. The molecule has 4 heteroatoms. The Hall–Kier alpha value is -2.62. The number of nitrogens with zero attached hydrogens (tertiary/aromatic N) is 3. The van der Waals surface area contributed by atoms with Gasteiger partial charge < -0.3 is 5.32 Å². The minimum atomic E-state index is 0.228. The van der Waals surface area contributed by atoms with E-state index in [9.17, 15) is 0 Å². The molecule has 0 aliphatic rings.